The molecule has 23 heavy (non-hydrogen) atoms. The maximum absolute atomic E-state index is 14.6. The van der Waals surface area contributed by atoms with Gasteiger partial charge < -0.3 is 5.73 Å². The Kier molecular flexibility index (Phi) is 6.98. The number of benzene rings is 1. The number of allylic oxidation sites excluding steroid dienone is 5. The Morgan fingerprint density at radius 1 is 1.48 bits per heavy atom. The van der Waals surface area contributed by atoms with Gasteiger partial charge in [0.05, 0.1) is 5.02 Å². The lowest BCUT2D eigenvalue weighted by Crippen LogP contribution is -2.13. The minimum Gasteiger partial charge on any atom is -0.402 e. The normalized spacial score (nSPS) is 16.8. The fourth-order valence-electron chi connectivity index (χ4n) is 1.98. The zero-order valence-corrected chi connectivity index (χ0v) is 15.6. The molecule has 1 rings (SSSR count). The summed E-state index contributed by atoms with van der Waals surface area (Å²) in [4.78, 5) is 0. The molecule has 0 heterocycles. The quantitative estimate of drug-likeness (QED) is 0.500. The van der Waals surface area contributed by atoms with E-state index < -0.39 is 11.2 Å². The van der Waals surface area contributed by atoms with Crippen LogP contribution in [0.15, 0.2) is 48.2 Å². The zero-order chi connectivity index (χ0) is 17.8. The minimum absolute atomic E-state index is 0.0259. The Morgan fingerprint density at radius 2 is 2.09 bits per heavy atom. The van der Waals surface area contributed by atoms with E-state index >= 15 is 0 Å². The van der Waals surface area contributed by atoms with Gasteiger partial charge in [-0.05, 0) is 54.2 Å². The van der Waals surface area contributed by atoms with Crippen LogP contribution in [-0.2, 0) is 0 Å². The van der Waals surface area contributed by atoms with E-state index in [1.165, 1.54) is 25.1 Å². The third kappa shape index (κ3) is 5.44. The molecule has 0 spiro atoms. The van der Waals surface area contributed by atoms with Crippen molar-refractivity contribution in [2.45, 2.75) is 32.6 Å². The SMILES string of the molecule is C=C(/C(=C\C=C(\N)C(C)CC)C(C)(F)P)c1ccc(F)c(Cl)c1. The second-order valence-electron chi connectivity index (χ2n) is 5.74. The van der Waals surface area contributed by atoms with Gasteiger partial charge in [-0.15, -0.1) is 0 Å². The molecule has 2 N–H and O–H groups in total. The highest BCUT2D eigenvalue weighted by Crippen LogP contribution is 2.38. The van der Waals surface area contributed by atoms with Gasteiger partial charge in [0.2, 0.25) is 0 Å². The predicted octanol–water partition coefficient (Wildman–Crippen LogP) is 5.87. The number of halogens is 3. The number of alkyl halides is 1. The van der Waals surface area contributed by atoms with Crippen LogP contribution >= 0.6 is 20.8 Å². The first-order valence-corrected chi connectivity index (χ1v) is 8.33. The van der Waals surface area contributed by atoms with Crippen molar-refractivity contribution < 1.29 is 8.78 Å². The van der Waals surface area contributed by atoms with Crippen molar-refractivity contribution in [2.75, 3.05) is 0 Å². The van der Waals surface area contributed by atoms with Gasteiger partial charge in [-0.25, -0.2) is 8.78 Å². The summed E-state index contributed by atoms with van der Waals surface area (Å²) in [5.74, 6) is -0.319. The highest BCUT2D eigenvalue weighted by atomic mass is 35.5. The van der Waals surface area contributed by atoms with Crippen LogP contribution in [0.25, 0.3) is 5.57 Å². The Morgan fingerprint density at radius 3 is 2.57 bits per heavy atom. The van der Waals surface area contributed by atoms with Gasteiger partial charge in [-0.1, -0.05) is 53.4 Å². The summed E-state index contributed by atoms with van der Waals surface area (Å²) in [7, 11) is 2.14. The first-order valence-electron chi connectivity index (χ1n) is 7.38. The molecule has 0 aliphatic carbocycles. The molecule has 0 fully saturated rings. The minimum atomic E-state index is -1.70. The van der Waals surface area contributed by atoms with Crippen molar-refractivity contribution in [2.24, 2.45) is 11.7 Å². The predicted molar refractivity (Wildman–Crippen MR) is 99.5 cm³/mol. The van der Waals surface area contributed by atoms with Crippen LogP contribution in [0.5, 0.6) is 0 Å². The second-order valence-corrected chi connectivity index (χ2v) is 7.23. The molecular formula is C18H23ClF2NP. The lowest BCUT2D eigenvalue weighted by molar-refractivity contribution is 0.374. The maximum Gasteiger partial charge on any atom is 0.146 e. The van der Waals surface area contributed by atoms with E-state index in [0.717, 1.165) is 6.42 Å². The Hall–Kier alpha value is -1.18. The van der Waals surface area contributed by atoms with Crippen LogP contribution in [0, 0.1) is 11.7 Å². The van der Waals surface area contributed by atoms with Crippen LogP contribution in [-0.4, -0.2) is 5.41 Å². The molecule has 1 aromatic carbocycles. The lowest BCUT2D eigenvalue weighted by atomic mass is 9.95. The molecule has 3 unspecified atom stereocenters. The fraction of sp³-hybridized carbons (Fsp3) is 0.333. The summed E-state index contributed by atoms with van der Waals surface area (Å²) in [5, 5.41) is -1.73. The summed E-state index contributed by atoms with van der Waals surface area (Å²) in [6.07, 6.45) is 4.21. The average molecular weight is 358 g/mol. The Balaban J connectivity index is 3.27. The average Bonchev–Trinajstić information content (AvgIpc) is 2.47. The molecule has 3 atom stereocenters. The van der Waals surface area contributed by atoms with Gasteiger partial charge in [0.1, 0.15) is 11.2 Å². The second kappa shape index (κ2) is 8.08. The highest BCUT2D eigenvalue weighted by Gasteiger charge is 2.25. The largest absolute Gasteiger partial charge is 0.402 e. The van der Waals surface area contributed by atoms with Gasteiger partial charge in [0, 0.05) is 5.70 Å². The molecule has 1 aromatic rings. The van der Waals surface area contributed by atoms with Crippen LogP contribution < -0.4 is 5.73 Å². The third-order valence-corrected chi connectivity index (χ3v) is 4.34. The topological polar surface area (TPSA) is 26.0 Å². The number of rotatable bonds is 6. The van der Waals surface area contributed by atoms with Gasteiger partial charge in [-0.2, -0.15) is 0 Å². The lowest BCUT2D eigenvalue weighted by Gasteiger charge is -2.21. The summed E-state index contributed by atoms with van der Waals surface area (Å²) in [6.45, 7) is 9.38. The standard InChI is InChI=1S/C18H23ClF2NP/c1-5-11(2)17(22)9-7-14(18(4,21)23)12(3)13-6-8-16(20)15(19)10-13/h6-11H,3,5,22-23H2,1-2,4H3/b14-7+,17-9+. The molecule has 5 heteroatoms. The molecule has 0 amide bonds. The van der Waals surface area contributed by atoms with Crippen molar-refractivity contribution in [1.82, 2.24) is 0 Å². The van der Waals surface area contributed by atoms with Crippen LogP contribution in [0.4, 0.5) is 8.78 Å². The monoisotopic (exact) mass is 357 g/mol. The van der Waals surface area contributed by atoms with Gasteiger partial charge in [-0.3, -0.25) is 0 Å². The zero-order valence-electron chi connectivity index (χ0n) is 13.7. The van der Waals surface area contributed by atoms with Crippen LogP contribution in [0.2, 0.25) is 5.02 Å². The van der Waals surface area contributed by atoms with Crippen molar-refractivity contribution in [1.29, 1.82) is 0 Å². The van der Waals surface area contributed by atoms with E-state index in [0.29, 0.717) is 22.4 Å². The number of hydrogen-bond donors (Lipinski definition) is 1. The van der Waals surface area contributed by atoms with Crippen molar-refractivity contribution in [3.63, 3.8) is 0 Å². The molecule has 0 aromatic heterocycles. The molecule has 0 saturated carbocycles. The number of hydrogen-bond acceptors (Lipinski definition) is 1. The molecule has 0 saturated heterocycles. The third-order valence-electron chi connectivity index (χ3n) is 3.74. The first-order chi connectivity index (χ1) is 10.6. The van der Waals surface area contributed by atoms with E-state index in [4.69, 9.17) is 17.3 Å². The highest BCUT2D eigenvalue weighted by molar-refractivity contribution is 7.19. The van der Waals surface area contributed by atoms with Crippen molar-refractivity contribution >= 4 is 26.4 Å². The first kappa shape index (κ1) is 19.9. The molecular weight excluding hydrogens is 335 g/mol. The number of nitrogens with two attached hydrogens (primary N) is 1. The molecule has 1 nitrogen and oxygen atoms in total. The molecule has 0 aliphatic heterocycles. The van der Waals surface area contributed by atoms with E-state index in [2.05, 4.69) is 15.8 Å². The molecule has 0 aliphatic rings. The molecule has 0 radical (unpaired) electrons. The summed E-state index contributed by atoms with van der Waals surface area (Å²) in [5.41, 5.74) is 7.99. The summed E-state index contributed by atoms with van der Waals surface area (Å²) >= 11 is 5.80. The molecule has 0 bridgehead atoms. The van der Waals surface area contributed by atoms with Crippen LogP contribution in [0.1, 0.15) is 32.8 Å². The fourth-order valence-corrected chi connectivity index (χ4v) is 2.43. The van der Waals surface area contributed by atoms with E-state index in [1.54, 1.807) is 12.2 Å². The van der Waals surface area contributed by atoms with E-state index in [1.807, 2.05) is 13.8 Å². The van der Waals surface area contributed by atoms with Crippen molar-refractivity contribution in [3.05, 3.63) is 64.6 Å². The molecule has 126 valence electrons. The van der Waals surface area contributed by atoms with Crippen molar-refractivity contribution in [3.8, 4) is 0 Å². The van der Waals surface area contributed by atoms with Gasteiger partial charge in [0.25, 0.3) is 0 Å². The summed E-state index contributed by atoms with van der Waals surface area (Å²) in [6, 6.07) is 4.20. The summed E-state index contributed by atoms with van der Waals surface area (Å²) < 4.78 is 27.9. The smallest absolute Gasteiger partial charge is 0.146 e. The van der Waals surface area contributed by atoms with Crippen LogP contribution in [0.3, 0.4) is 0 Å². The Bertz CT molecular complexity index is 645. The Labute approximate surface area is 144 Å². The van der Waals surface area contributed by atoms with E-state index in [-0.39, 0.29) is 10.9 Å². The maximum atomic E-state index is 14.6. The van der Waals surface area contributed by atoms with Gasteiger partial charge >= 0.3 is 0 Å². The van der Waals surface area contributed by atoms with Gasteiger partial charge in [0.15, 0.2) is 0 Å². The van der Waals surface area contributed by atoms with E-state index in [9.17, 15) is 8.78 Å².